The molecule has 0 saturated carbocycles. The summed E-state index contributed by atoms with van der Waals surface area (Å²) in [7, 11) is 0. The Morgan fingerprint density at radius 2 is 2.12 bits per heavy atom. The molecule has 1 fully saturated rings. The van der Waals surface area contributed by atoms with Gasteiger partial charge in [0, 0.05) is 24.7 Å². The SMILES string of the molecule is CC(=O)Nc1ccc(O)c(CN2CCCC2)c1. The van der Waals surface area contributed by atoms with Crippen molar-refractivity contribution in [3.05, 3.63) is 23.8 Å². The van der Waals surface area contributed by atoms with E-state index in [0.29, 0.717) is 5.75 Å². The lowest BCUT2D eigenvalue weighted by Crippen LogP contribution is -2.18. The molecule has 1 amide bonds. The number of nitrogens with zero attached hydrogens (tertiary/aromatic N) is 1. The summed E-state index contributed by atoms with van der Waals surface area (Å²) in [6, 6.07) is 5.19. The first-order chi connectivity index (χ1) is 8.15. The van der Waals surface area contributed by atoms with Crippen molar-refractivity contribution >= 4 is 11.6 Å². The Bertz CT molecular complexity index is 412. The fraction of sp³-hybridized carbons (Fsp3) is 0.462. The van der Waals surface area contributed by atoms with Crippen LogP contribution in [0.1, 0.15) is 25.3 Å². The van der Waals surface area contributed by atoms with Gasteiger partial charge in [-0.2, -0.15) is 0 Å². The number of nitrogens with one attached hydrogen (secondary N) is 1. The van der Waals surface area contributed by atoms with Crippen LogP contribution in [0.2, 0.25) is 0 Å². The molecule has 1 saturated heterocycles. The molecular formula is C13H18N2O2. The number of hydrogen-bond donors (Lipinski definition) is 2. The van der Waals surface area contributed by atoms with Gasteiger partial charge in [0.1, 0.15) is 5.75 Å². The normalized spacial score (nSPS) is 16.1. The van der Waals surface area contributed by atoms with Crippen LogP contribution in [-0.4, -0.2) is 29.0 Å². The number of amides is 1. The molecule has 4 nitrogen and oxygen atoms in total. The third kappa shape index (κ3) is 3.20. The Balaban J connectivity index is 2.10. The Kier molecular flexibility index (Phi) is 3.64. The molecule has 0 radical (unpaired) electrons. The summed E-state index contributed by atoms with van der Waals surface area (Å²) in [5.74, 6) is 0.203. The Morgan fingerprint density at radius 1 is 1.41 bits per heavy atom. The van der Waals surface area contributed by atoms with Gasteiger partial charge >= 0.3 is 0 Å². The van der Waals surface area contributed by atoms with Crippen LogP contribution in [0.3, 0.4) is 0 Å². The molecule has 0 unspecified atom stereocenters. The highest BCUT2D eigenvalue weighted by Gasteiger charge is 2.14. The number of rotatable bonds is 3. The van der Waals surface area contributed by atoms with Crippen LogP contribution in [0.15, 0.2) is 18.2 Å². The van der Waals surface area contributed by atoms with E-state index in [1.807, 2.05) is 6.07 Å². The maximum atomic E-state index is 11.0. The minimum atomic E-state index is -0.0946. The van der Waals surface area contributed by atoms with Crippen LogP contribution in [0.25, 0.3) is 0 Å². The quantitative estimate of drug-likeness (QED) is 0.786. The highest BCUT2D eigenvalue weighted by molar-refractivity contribution is 5.88. The first-order valence-electron chi connectivity index (χ1n) is 5.97. The molecule has 0 bridgehead atoms. The highest BCUT2D eigenvalue weighted by atomic mass is 16.3. The summed E-state index contributed by atoms with van der Waals surface area (Å²) in [6.07, 6.45) is 2.46. The zero-order chi connectivity index (χ0) is 12.3. The predicted molar refractivity (Wildman–Crippen MR) is 66.9 cm³/mol. The molecular weight excluding hydrogens is 216 g/mol. The number of aromatic hydroxyl groups is 1. The molecule has 0 atom stereocenters. The Hall–Kier alpha value is -1.55. The van der Waals surface area contributed by atoms with Crippen LogP contribution in [0.4, 0.5) is 5.69 Å². The van der Waals surface area contributed by atoms with Crippen molar-refractivity contribution in [3.63, 3.8) is 0 Å². The van der Waals surface area contributed by atoms with Crippen molar-refractivity contribution in [2.45, 2.75) is 26.3 Å². The van der Waals surface area contributed by atoms with E-state index < -0.39 is 0 Å². The lowest BCUT2D eigenvalue weighted by molar-refractivity contribution is -0.114. The topological polar surface area (TPSA) is 52.6 Å². The average Bonchev–Trinajstić information content (AvgIpc) is 2.75. The third-order valence-electron chi connectivity index (χ3n) is 2.99. The van der Waals surface area contributed by atoms with E-state index in [4.69, 9.17) is 0 Å². The number of phenolic OH excluding ortho intramolecular Hbond substituents is 1. The molecule has 92 valence electrons. The number of carbonyl (C=O) groups is 1. The van der Waals surface area contributed by atoms with Gasteiger partial charge in [-0.15, -0.1) is 0 Å². The van der Waals surface area contributed by atoms with Crippen molar-refractivity contribution in [3.8, 4) is 5.75 Å². The number of anilines is 1. The molecule has 0 aromatic heterocycles. The van der Waals surface area contributed by atoms with Crippen LogP contribution >= 0.6 is 0 Å². The maximum absolute atomic E-state index is 11.0. The van der Waals surface area contributed by atoms with Gasteiger partial charge < -0.3 is 10.4 Å². The average molecular weight is 234 g/mol. The molecule has 2 rings (SSSR count). The lowest BCUT2D eigenvalue weighted by Gasteiger charge is -2.16. The smallest absolute Gasteiger partial charge is 0.221 e. The van der Waals surface area contributed by atoms with E-state index in [-0.39, 0.29) is 5.91 Å². The number of hydrogen-bond acceptors (Lipinski definition) is 3. The second kappa shape index (κ2) is 5.19. The first kappa shape index (κ1) is 11.9. The van der Waals surface area contributed by atoms with Gasteiger partial charge in [0.25, 0.3) is 0 Å². The molecule has 1 heterocycles. The molecule has 2 N–H and O–H groups in total. The summed E-state index contributed by atoms with van der Waals surface area (Å²) >= 11 is 0. The van der Waals surface area contributed by atoms with E-state index in [1.54, 1.807) is 12.1 Å². The summed E-state index contributed by atoms with van der Waals surface area (Å²) < 4.78 is 0. The highest BCUT2D eigenvalue weighted by Crippen LogP contribution is 2.24. The number of carbonyl (C=O) groups excluding carboxylic acids is 1. The van der Waals surface area contributed by atoms with Gasteiger partial charge in [0.15, 0.2) is 0 Å². The molecule has 4 heteroatoms. The van der Waals surface area contributed by atoms with Gasteiger partial charge in [0.05, 0.1) is 0 Å². The minimum absolute atomic E-state index is 0.0946. The minimum Gasteiger partial charge on any atom is -0.508 e. The van der Waals surface area contributed by atoms with Crippen molar-refractivity contribution in [1.82, 2.24) is 4.90 Å². The van der Waals surface area contributed by atoms with Crippen molar-refractivity contribution < 1.29 is 9.90 Å². The molecule has 1 aromatic rings. The van der Waals surface area contributed by atoms with Crippen molar-refractivity contribution in [2.24, 2.45) is 0 Å². The molecule has 0 aliphatic carbocycles. The molecule has 17 heavy (non-hydrogen) atoms. The fourth-order valence-electron chi connectivity index (χ4n) is 2.17. The standard InChI is InChI=1S/C13H18N2O2/c1-10(16)14-12-4-5-13(17)11(8-12)9-15-6-2-3-7-15/h4-5,8,17H,2-3,6-7,9H2,1H3,(H,14,16). The molecule has 1 aromatic carbocycles. The van der Waals surface area contributed by atoms with Gasteiger partial charge in [0.2, 0.25) is 5.91 Å². The van der Waals surface area contributed by atoms with E-state index in [9.17, 15) is 9.90 Å². The summed E-state index contributed by atoms with van der Waals surface area (Å²) in [5, 5.41) is 12.5. The number of benzene rings is 1. The monoisotopic (exact) mass is 234 g/mol. The second-order valence-corrected chi connectivity index (χ2v) is 4.51. The summed E-state index contributed by atoms with van der Waals surface area (Å²) in [6.45, 7) is 4.40. The Morgan fingerprint density at radius 3 is 2.76 bits per heavy atom. The third-order valence-corrected chi connectivity index (χ3v) is 2.99. The van der Waals surface area contributed by atoms with Crippen molar-refractivity contribution in [2.75, 3.05) is 18.4 Å². The zero-order valence-electron chi connectivity index (χ0n) is 10.1. The fourth-order valence-corrected chi connectivity index (χ4v) is 2.17. The van der Waals surface area contributed by atoms with Gasteiger partial charge in [-0.05, 0) is 44.1 Å². The van der Waals surface area contributed by atoms with Crippen LogP contribution in [0.5, 0.6) is 5.75 Å². The second-order valence-electron chi connectivity index (χ2n) is 4.51. The maximum Gasteiger partial charge on any atom is 0.221 e. The predicted octanol–water partition coefficient (Wildman–Crippen LogP) is 1.95. The summed E-state index contributed by atoms with van der Waals surface area (Å²) in [4.78, 5) is 13.3. The van der Waals surface area contributed by atoms with Crippen LogP contribution in [-0.2, 0) is 11.3 Å². The molecule has 0 spiro atoms. The number of phenols is 1. The zero-order valence-corrected chi connectivity index (χ0v) is 10.1. The molecule has 1 aliphatic rings. The Labute approximate surface area is 101 Å². The van der Waals surface area contributed by atoms with E-state index >= 15 is 0 Å². The largest absolute Gasteiger partial charge is 0.508 e. The van der Waals surface area contributed by atoms with E-state index in [0.717, 1.165) is 30.9 Å². The van der Waals surface area contributed by atoms with Crippen molar-refractivity contribution in [1.29, 1.82) is 0 Å². The number of likely N-dealkylation sites (tertiary alicyclic amines) is 1. The van der Waals surface area contributed by atoms with Crippen LogP contribution in [0, 0.1) is 0 Å². The van der Waals surface area contributed by atoms with Gasteiger partial charge in [-0.1, -0.05) is 0 Å². The van der Waals surface area contributed by atoms with Crippen LogP contribution < -0.4 is 5.32 Å². The lowest BCUT2D eigenvalue weighted by atomic mass is 10.1. The van der Waals surface area contributed by atoms with E-state index in [2.05, 4.69) is 10.2 Å². The van der Waals surface area contributed by atoms with Gasteiger partial charge in [-0.3, -0.25) is 9.69 Å². The van der Waals surface area contributed by atoms with Gasteiger partial charge in [-0.25, -0.2) is 0 Å². The molecule has 1 aliphatic heterocycles. The van der Waals surface area contributed by atoms with E-state index in [1.165, 1.54) is 19.8 Å². The summed E-state index contributed by atoms with van der Waals surface area (Å²) in [5.41, 5.74) is 1.61. The first-order valence-corrected chi connectivity index (χ1v) is 5.97.